The summed E-state index contributed by atoms with van der Waals surface area (Å²) in [5, 5.41) is 0.881. The van der Waals surface area contributed by atoms with Crippen molar-refractivity contribution in [1.82, 2.24) is 14.2 Å². The minimum absolute atomic E-state index is 0.169. The van der Waals surface area contributed by atoms with Gasteiger partial charge in [-0.15, -0.1) is 0 Å². The molecule has 1 aromatic heterocycles. The minimum atomic E-state index is -3.76. The quantitative estimate of drug-likeness (QED) is 0.578. The molecule has 0 saturated carbocycles. The van der Waals surface area contributed by atoms with Gasteiger partial charge in [-0.2, -0.15) is 4.31 Å². The van der Waals surface area contributed by atoms with Crippen LogP contribution in [0.1, 0.15) is 40.0 Å². The number of fused-ring (bicyclic) bond motifs is 3. The van der Waals surface area contributed by atoms with Crippen LogP contribution in [0, 0.1) is 6.92 Å². The minimum Gasteiger partial charge on any atom is -0.465 e. The Morgan fingerprint density at radius 3 is 2.59 bits per heavy atom. The molecule has 34 heavy (non-hydrogen) atoms. The van der Waals surface area contributed by atoms with E-state index >= 15 is 0 Å². The van der Waals surface area contributed by atoms with Gasteiger partial charge in [0, 0.05) is 48.2 Å². The average Bonchev–Trinajstić information content (AvgIpc) is 3.48. The van der Waals surface area contributed by atoms with Crippen molar-refractivity contribution >= 4 is 32.8 Å². The van der Waals surface area contributed by atoms with E-state index in [4.69, 9.17) is 4.74 Å². The predicted molar refractivity (Wildman–Crippen MR) is 127 cm³/mol. The van der Waals surface area contributed by atoms with Gasteiger partial charge < -0.3 is 14.6 Å². The molecule has 8 nitrogen and oxygen atoms in total. The van der Waals surface area contributed by atoms with Gasteiger partial charge in [-0.3, -0.25) is 4.79 Å². The van der Waals surface area contributed by atoms with E-state index < -0.39 is 22.0 Å². The number of rotatable bonds is 4. The number of hydrogen-bond acceptors (Lipinski definition) is 5. The van der Waals surface area contributed by atoms with Crippen molar-refractivity contribution in [3.63, 3.8) is 0 Å². The van der Waals surface area contributed by atoms with Crippen LogP contribution in [0.2, 0.25) is 0 Å². The van der Waals surface area contributed by atoms with Crippen molar-refractivity contribution in [1.29, 1.82) is 0 Å². The largest absolute Gasteiger partial charge is 0.465 e. The summed E-state index contributed by atoms with van der Waals surface area (Å²) in [6.45, 7) is 3.12. The Labute approximate surface area is 198 Å². The molecule has 178 valence electrons. The van der Waals surface area contributed by atoms with Gasteiger partial charge in [0.25, 0.3) is 0 Å². The fourth-order valence-corrected chi connectivity index (χ4v) is 6.63. The molecule has 1 saturated heterocycles. The second-order valence-electron chi connectivity index (χ2n) is 8.93. The molecule has 0 radical (unpaired) electrons. The smallest absolute Gasteiger partial charge is 0.337 e. The lowest BCUT2D eigenvalue weighted by molar-refractivity contribution is -0.135. The molecule has 2 aromatic carbocycles. The van der Waals surface area contributed by atoms with E-state index in [2.05, 4.69) is 4.98 Å². The highest BCUT2D eigenvalue weighted by Gasteiger charge is 2.41. The molecule has 0 unspecified atom stereocenters. The van der Waals surface area contributed by atoms with Crippen LogP contribution >= 0.6 is 0 Å². The molecule has 1 N–H and O–H groups in total. The molecule has 1 atom stereocenters. The zero-order chi connectivity index (χ0) is 24.0. The second-order valence-corrected chi connectivity index (χ2v) is 10.8. The molecule has 2 aliphatic rings. The third-order valence-electron chi connectivity index (χ3n) is 6.82. The number of carbonyl (C=O) groups excluding carboxylic acids is 2. The number of aromatic nitrogens is 1. The Hall–Kier alpha value is -3.17. The summed E-state index contributed by atoms with van der Waals surface area (Å²) < 4.78 is 32.8. The van der Waals surface area contributed by atoms with Gasteiger partial charge in [-0.25, -0.2) is 13.2 Å². The Kier molecular flexibility index (Phi) is 5.69. The number of ether oxygens (including phenoxy) is 1. The summed E-state index contributed by atoms with van der Waals surface area (Å²) in [6, 6.07) is 11.4. The average molecular weight is 482 g/mol. The summed E-state index contributed by atoms with van der Waals surface area (Å²) in [6.07, 6.45) is 1.80. The van der Waals surface area contributed by atoms with Crippen molar-refractivity contribution < 1.29 is 22.7 Å². The fraction of sp³-hybridized carbons (Fsp3) is 0.360. The molecular formula is C25H27N3O5S. The number of carbonyl (C=O) groups is 2. The van der Waals surface area contributed by atoms with Crippen LogP contribution in [0.4, 0.5) is 0 Å². The Bertz CT molecular complexity index is 1380. The van der Waals surface area contributed by atoms with Crippen molar-refractivity contribution in [3.05, 3.63) is 64.8 Å². The zero-order valence-electron chi connectivity index (χ0n) is 19.2. The number of esters is 1. The molecule has 1 amide bonds. The Morgan fingerprint density at radius 2 is 1.85 bits per heavy atom. The molecule has 2 aliphatic heterocycles. The topological polar surface area (TPSA) is 99.8 Å². The van der Waals surface area contributed by atoms with Crippen molar-refractivity contribution in [2.75, 3.05) is 20.2 Å². The SMILES string of the molecule is COC(=O)c1ccc2[nH]c3c(c2c1)CN(C(=O)[C@@H]1CCCN1S(=O)(=O)c1ccc(C)cc1)CC3. The first kappa shape index (κ1) is 22.6. The lowest BCUT2D eigenvalue weighted by Crippen LogP contribution is -2.49. The number of nitrogens with one attached hydrogen (secondary N) is 1. The molecule has 5 rings (SSSR count). The summed E-state index contributed by atoms with van der Waals surface area (Å²) in [7, 11) is -2.42. The van der Waals surface area contributed by atoms with Crippen LogP contribution in [-0.4, -0.2) is 60.7 Å². The van der Waals surface area contributed by atoms with Crippen LogP contribution in [0.15, 0.2) is 47.4 Å². The van der Waals surface area contributed by atoms with Crippen LogP contribution in [-0.2, 0) is 32.5 Å². The van der Waals surface area contributed by atoms with Gasteiger partial charge in [0.05, 0.1) is 17.6 Å². The Morgan fingerprint density at radius 1 is 1.09 bits per heavy atom. The van der Waals surface area contributed by atoms with Crippen LogP contribution in [0.5, 0.6) is 0 Å². The van der Waals surface area contributed by atoms with E-state index in [9.17, 15) is 18.0 Å². The normalized spacial score (nSPS) is 18.8. The number of benzene rings is 2. The summed E-state index contributed by atoms with van der Waals surface area (Å²) in [5.74, 6) is -0.583. The summed E-state index contributed by atoms with van der Waals surface area (Å²) in [4.78, 5) is 30.9. The van der Waals surface area contributed by atoms with Crippen LogP contribution < -0.4 is 0 Å². The van der Waals surface area contributed by atoms with Crippen molar-refractivity contribution in [2.24, 2.45) is 0 Å². The first-order chi connectivity index (χ1) is 16.3. The van der Waals surface area contributed by atoms with Crippen molar-refractivity contribution in [3.8, 4) is 0 Å². The van der Waals surface area contributed by atoms with Crippen LogP contribution in [0.3, 0.4) is 0 Å². The van der Waals surface area contributed by atoms with Gasteiger partial charge >= 0.3 is 5.97 Å². The van der Waals surface area contributed by atoms with E-state index in [0.29, 0.717) is 44.5 Å². The Balaban J connectivity index is 1.41. The van der Waals surface area contributed by atoms with Gasteiger partial charge in [-0.1, -0.05) is 17.7 Å². The molecule has 1 fully saturated rings. The number of H-pyrrole nitrogens is 1. The van der Waals surface area contributed by atoms with Gasteiger partial charge in [-0.05, 0) is 50.1 Å². The van der Waals surface area contributed by atoms with Gasteiger partial charge in [0.15, 0.2) is 0 Å². The summed E-state index contributed by atoms with van der Waals surface area (Å²) >= 11 is 0. The molecule has 0 aliphatic carbocycles. The number of sulfonamides is 1. The number of hydrogen-bond donors (Lipinski definition) is 1. The molecule has 9 heteroatoms. The molecule has 3 aromatic rings. The third kappa shape index (κ3) is 3.78. The van der Waals surface area contributed by atoms with Crippen LogP contribution in [0.25, 0.3) is 10.9 Å². The zero-order valence-corrected chi connectivity index (χ0v) is 20.0. The highest BCUT2D eigenvalue weighted by atomic mass is 32.2. The number of aryl methyl sites for hydroxylation is 1. The molecule has 0 bridgehead atoms. The lowest BCUT2D eigenvalue weighted by Gasteiger charge is -2.32. The van der Waals surface area contributed by atoms with E-state index in [1.165, 1.54) is 11.4 Å². The van der Waals surface area contributed by atoms with E-state index in [0.717, 1.165) is 27.7 Å². The monoisotopic (exact) mass is 481 g/mol. The fourth-order valence-electron chi connectivity index (χ4n) is 4.98. The lowest BCUT2D eigenvalue weighted by atomic mass is 10.0. The number of methoxy groups -OCH3 is 1. The third-order valence-corrected chi connectivity index (χ3v) is 8.75. The highest BCUT2D eigenvalue weighted by Crippen LogP contribution is 2.32. The second kappa shape index (κ2) is 8.56. The van der Waals surface area contributed by atoms with E-state index in [1.807, 2.05) is 13.0 Å². The van der Waals surface area contributed by atoms with E-state index in [1.54, 1.807) is 41.3 Å². The maximum absolute atomic E-state index is 13.6. The maximum Gasteiger partial charge on any atom is 0.337 e. The van der Waals surface area contributed by atoms with Crippen molar-refractivity contribution in [2.45, 2.75) is 43.7 Å². The molecule has 3 heterocycles. The summed E-state index contributed by atoms with van der Waals surface area (Å²) in [5.41, 5.74) is 4.33. The van der Waals surface area contributed by atoms with Gasteiger partial charge in [0.1, 0.15) is 6.04 Å². The van der Waals surface area contributed by atoms with Gasteiger partial charge in [0.2, 0.25) is 15.9 Å². The number of nitrogens with zero attached hydrogens (tertiary/aromatic N) is 2. The maximum atomic E-state index is 13.6. The highest BCUT2D eigenvalue weighted by molar-refractivity contribution is 7.89. The predicted octanol–water partition coefficient (Wildman–Crippen LogP) is 3.00. The first-order valence-corrected chi connectivity index (χ1v) is 12.8. The molecular weight excluding hydrogens is 454 g/mol. The molecule has 0 spiro atoms. The first-order valence-electron chi connectivity index (χ1n) is 11.4. The standard InChI is InChI=1S/C25H27N3O5S/c1-16-5-8-18(9-6-16)34(31,32)28-12-3-4-23(28)24(29)27-13-11-22-20(15-27)19-14-17(25(30)33-2)7-10-21(19)26-22/h5-10,14,23,26H,3-4,11-13,15H2,1-2H3/t23-/m0/s1. The number of amides is 1. The number of aromatic amines is 1. The van der Waals surface area contributed by atoms with E-state index in [-0.39, 0.29) is 10.8 Å².